The maximum Gasteiger partial charge on any atom is 0.146 e. The van der Waals surface area contributed by atoms with Crippen LogP contribution in [0.2, 0.25) is 0 Å². The molecular weight excluding hydrogens is 255 g/mol. The summed E-state index contributed by atoms with van der Waals surface area (Å²) in [7, 11) is 1.87. The molecule has 0 saturated heterocycles. The number of hydrogen-bond acceptors (Lipinski definition) is 3. The number of anilines is 1. The van der Waals surface area contributed by atoms with Gasteiger partial charge in [-0.2, -0.15) is 0 Å². The standard InChI is InChI=1S/C16H21FN2O/c1-4-18-12(2)14-5-6-16(15(17)9-14)19(3)10-13-7-8-20-11-13/h5-9,11-12,18H,4,10H2,1-3H3. The van der Waals surface area contributed by atoms with Gasteiger partial charge in [-0.25, -0.2) is 4.39 Å². The molecule has 1 heterocycles. The number of benzene rings is 1. The van der Waals surface area contributed by atoms with Crippen LogP contribution >= 0.6 is 0 Å². The fourth-order valence-corrected chi connectivity index (χ4v) is 2.27. The van der Waals surface area contributed by atoms with Crippen molar-refractivity contribution in [2.24, 2.45) is 0 Å². The zero-order chi connectivity index (χ0) is 14.5. The highest BCUT2D eigenvalue weighted by Gasteiger charge is 2.12. The minimum atomic E-state index is -0.196. The summed E-state index contributed by atoms with van der Waals surface area (Å²) in [5, 5.41) is 3.28. The van der Waals surface area contributed by atoms with E-state index in [9.17, 15) is 4.39 Å². The molecule has 1 aromatic carbocycles. The summed E-state index contributed by atoms with van der Waals surface area (Å²) in [6, 6.07) is 7.45. The van der Waals surface area contributed by atoms with E-state index in [2.05, 4.69) is 5.32 Å². The Hall–Kier alpha value is -1.81. The second-order valence-corrected chi connectivity index (χ2v) is 4.98. The molecule has 20 heavy (non-hydrogen) atoms. The van der Waals surface area contributed by atoms with Crippen molar-refractivity contribution < 1.29 is 8.81 Å². The van der Waals surface area contributed by atoms with Gasteiger partial charge in [0.25, 0.3) is 0 Å². The first-order valence-electron chi connectivity index (χ1n) is 6.87. The highest BCUT2D eigenvalue weighted by Crippen LogP contribution is 2.24. The molecule has 0 bridgehead atoms. The molecule has 2 aromatic rings. The van der Waals surface area contributed by atoms with Gasteiger partial charge >= 0.3 is 0 Å². The zero-order valence-corrected chi connectivity index (χ0v) is 12.2. The topological polar surface area (TPSA) is 28.4 Å². The van der Waals surface area contributed by atoms with E-state index in [0.717, 1.165) is 17.7 Å². The summed E-state index contributed by atoms with van der Waals surface area (Å²) in [6.07, 6.45) is 3.30. The van der Waals surface area contributed by atoms with Crippen molar-refractivity contribution in [2.75, 3.05) is 18.5 Å². The fourth-order valence-electron chi connectivity index (χ4n) is 2.27. The van der Waals surface area contributed by atoms with Crippen molar-refractivity contribution in [3.8, 4) is 0 Å². The van der Waals surface area contributed by atoms with Crippen LogP contribution in [-0.4, -0.2) is 13.6 Å². The molecule has 1 atom stereocenters. The fraction of sp³-hybridized carbons (Fsp3) is 0.375. The van der Waals surface area contributed by atoms with Gasteiger partial charge in [0.05, 0.1) is 18.2 Å². The van der Waals surface area contributed by atoms with Crippen LogP contribution in [0.4, 0.5) is 10.1 Å². The Morgan fingerprint density at radius 3 is 2.75 bits per heavy atom. The van der Waals surface area contributed by atoms with E-state index in [-0.39, 0.29) is 11.9 Å². The molecule has 0 aliphatic carbocycles. The van der Waals surface area contributed by atoms with Gasteiger partial charge in [-0.3, -0.25) is 0 Å². The SMILES string of the molecule is CCNC(C)c1ccc(N(C)Cc2ccoc2)c(F)c1. The van der Waals surface area contributed by atoms with Crippen molar-refractivity contribution >= 4 is 5.69 Å². The number of halogens is 1. The summed E-state index contributed by atoms with van der Waals surface area (Å²) in [4.78, 5) is 1.88. The molecule has 0 aliphatic rings. The molecule has 2 rings (SSSR count). The largest absolute Gasteiger partial charge is 0.472 e. The molecule has 1 N–H and O–H groups in total. The molecule has 3 nitrogen and oxygen atoms in total. The lowest BCUT2D eigenvalue weighted by atomic mass is 10.1. The van der Waals surface area contributed by atoms with Crippen molar-refractivity contribution in [3.63, 3.8) is 0 Å². The van der Waals surface area contributed by atoms with Gasteiger partial charge in [-0.1, -0.05) is 13.0 Å². The second-order valence-electron chi connectivity index (χ2n) is 4.98. The minimum Gasteiger partial charge on any atom is -0.472 e. The van der Waals surface area contributed by atoms with Gasteiger partial charge in [-0.15, -0.1) is 0 Å². The quantitative estimate of drug-likeness (QED) is 0.871. The third-order valence-corrected chi connectivity index (χ3v) is 3.39. The maximum absolute atomic E-state index is 14.2. The average molecular weight is 276 g/mol. The Labute approximate surface area is 119 Å². The monoisotopic (exact) mass is 276 g/mol. The zero-order valence-electron chi connectivity index (χ0n) is 12.2. The van der Waals surface area contributed by atoms with E-state index in [1.54, 1.807) is 18.6 Å². The van der Waals surface area contributed by atoms with Crippen LogP contribution in [0.1, 0.15) is 31.0 Å². The molecule has 1 aromatic heterocycles. The molecule has 0 saturated carbocycles. The van der Waals surface area contributed by atoms with E-state index >= 15 is 0 Å². The molecule has 0 spiro atoms. The highest BCUT2D eigenvalue weighted by molar-refractivity contribution is 5.49. The summed E-state index contributed by atoms with van der Waals surface area (Å²) in [5.41, 5.74) is 2.58. The molecule has 0 radical (unpaired) electrons. The third kappa shape index (κ3) is 3.39. The summed E-state index contributed by atoms with van der Waals surface area (Å²) in [6.45, 7) is 5.56. The predicted octanol–water partition coefficient (Wildman–Crippen LogP) is 3.73. The molecule has 0 aliphatic heterocycles. The van der Waals surface area contributed by atoms with Crippen molar-refractivity contribution in [2.45, 2.75) is 26.4 Å². The molecule has 108 valence electrons. The van der Waals surface area contributed by atoms with Gasteiger partial charge in [0, 0.05) is 25.2 Å². The number of hydrogen-bond donors (Lipinski definition) is 1. The summed E-state index contributed by atoms with van der Waals surface area (Å²) < 4.78 is 19.3. The third-order valence-electron chi connectivity index (χ3n) is 3.39. The van der Waals surface area contributed by atoms with E-state index < -0.39 is 0 Å². The van der Waals surface area contributed by atoms with Crippen LogP contribution in [0.15, 0.2) is 41.2 Å². The number of nitrogens with zero attached hydrogens (tertiary/aromatic N) is 1. The average Bonchev–Trinajstić information content (AvgIpc) is 2.91. The Kier molecular flexibility index (Phi) is 4.79. The van der Waals surface area contributed by atoms with Gasteiger partial charge in [-0.05, 0) is 37.2 Å². The first kappa shape index (κ1) is 14.6. The number of nitrogens with one attached hydrogen (secondary N) is 1. The Bertz CT molecular complexity index is 539. The van der Waals surface area contributed by atoms with Gasteiger partial charge in [0.1, 0.15) is 5.82 Å². The van der Waals surface area contributed by atoms with Crippen molar-refractivity contribution in [1.82, 2.24) is 5.32 Å². The molecule has 0 fully saturated rings. The van der Waals surface area contributed by atoms with Crippen LogP contribution in [0, 0.1) is 5.82 Å². The Balaban J connectivity index is 2.12. The molecule has 4 heteroatoms. The van der Waals surface area contributed by atoms with Crippen LogP contribution in [0.3, 0.4) is 0 Å². The first-order valence-corrected chi connectivity index (χ1v) is 6.87. The van der Waals surface area contributed by atoms with Crippen LogP contribution < -0.4 is 10.2 Å². The summed E-state index contributed by atoms with van der Waals surface area (Å²) >= 11 is 0. The molecular formula is C16H21FN2O. The van der Waals surface area contributed by atoms with Crippen molar-refractivity contribution in [3.05, 3.63) is 53.7 Å². The molecule has 0 amide bonds. The Morgan fingerprint density at radius 1 is 1.35 bits per heavy atom. The minimum absolute atomic E-state index is 0.155. The highest BCUT2D eigenvalue weighted by atomic mass is 19.1. The maximum atomic E-state index is 14.2. The van der Waals surface area contributed by atoms with Gasteiger partial charge in [0.15, 0.2) is 0 Å². The van der Waals surface area contributed by atoms with E-state index in [4.69, 9.17) is 4.42 Å². The normalized spacial score (nSPS) is 12.4. The van der Waals surface area contributed by atoms with Gasteiger partial charge in [0.2, 0.25) is 0 Å². The lowest BCUT2D eigenvalue weighted by Crippen LogP contribution is -2.20. The summed E-state index contributed by atoms with van der Waals surface area (Å²) in [5.74, 6) is -0.196. The lowest BCUT2D eigenvalue weighted by molar-refractivity contribution is 0.563. The van der Waals surface area contributed by atoms with E-state index in [0.29, 0.717) is 12.2 Å². The predicted molar refractivity (Wildman–Crippen MR) is 79.3 cm³/mol. The smallest absolute Gasteiger partial charge is 0.146 e. The van der Waals surface area contributed by atoms with Gasteiger partial charge < -0.3 is 14.6 Å². The second kappa shape index (κ2) is 6.57. The van der Waals surface area contributed by atoms with Crippen LogP contribution in [0.5, 0.6) is 0 Å². The Morgan fingerprint density at radius 2 is 2.15 bits per heavy atom. The first-order chi connectivity index (χ1) is 9.61. The lowest BCUT2D eigenvalue weighted by Gasteiger charge is -2.21. The molecule has 1 unspecified atom stereocenters. The number of furan rings is 1. The van der Waals surface area contributed by atoms with Crippen molar-refractivity contribution in [1.29, 1.82) is 0 Å². The van der Waals surface area contributed by atoms with E-state index in [1.807, 2.05) is 44.0 Å². The number of rotatable bonds is 6. The van der Waals surface area contributed by atoms with Crippen LogP contribution in [0.25, 0.3) is 0 Å². The van der Waals surface area contributed by atoms with Crippen LogP contribution in [-0.2, 0) is 6.54 Å². The van der Waals surface area contributed by atoms with E-state index in [1.165, 1.54) is 0 Å².